The SMILES string of the molecule is COc1cc(NC(=O)c2cc(-c3ccccc3)nc3c2c(C)nn3C)c(Cl)c(OC)c1. The molecule has 0 aliphatic heterocycles. The third-order valence-electron chi connectivity index (χ3n) is 5.00. The molecular formula is C23H21ClN4O3. The van der Waals surface area contributed by atoms with E-state index in [1.165, 1.54) is 14.2 Å². The largest absolute Gasteiger partial charge is 0.497 e. The van der Waals surface area contributed by atoms with Crippen molar-refractivity contribution in [2.75, 3.05) is 19.5 Å². The number of hydrogen-bond donors (Lipinski definition) is 1. The number of rotatable bonds is 5. The van der Waals surface area contributed by atoms with Gasteiger partial charge >= 0.3 is 0 Å². The second kappa shape index (κ2) is 8.28. The van der Waals surface area contributed by atoms with Gasteiger partial charge in [0.15, 0.2) is 5.65 Å². The van der Waals surface area contributed by atoms with E-state index in [1.807, 2.05) is 44.3 Å². The zero-order chi connectivity index (χ0) is 22.1. The van der Waals surface area contributed by atoms with E-state index in [0.717, 1.165) is 5.56 Å². The Morgan fingerprint density at radius 3 is 2.52 bits per heavy atom. The fourth-order valence-electron chi connectivity index (χ4n) is 3.50. The molecule has 0 aliphatic rings. The summed E-state index contributed by atoms with van der Waals surface area (Å²) in [5, 5.41) is 8.31. The van der Waals surface area contributed by atoms with E-state index in [-0.39, 0.29) is 10.9 Å². The fourth-order valence-corrected chi connectivity index (χ4v) is 3.73. The highest BCUT2D eigenvalue weighted by molar-refractivity contribution is 6.35. The highest BCUT2D eigenvalue weighted by atomic mass is 35.5. The smallest absolute Gasteiger partial charge is 0.256 e. The molecule has 2 heterocycles. The molecule has 0 saturated heterocycles. The number of benzene rings is 2. The van der Waals surface area contributed by atoms with Crippen molar-refractivity contribution >= 4 is 34.2 Å². The molecule has 4 rings (SSSR count). The van der Waals surface area contributed by atoms with Crippen molar-refractivity contribution in [3.05, 3.63) is 64.8 Å². The van der Waals surface area contributed by atoms with Crippen LogP contribution in [0.2, 0.25) is 5.02 Å². The lowest BCUT2D eigenvalue weighted by Crippen LogP contribution is -2.14. The molecule has 0 saturated carbocycles. The maximum absolute atomic E-state index is 13.4. The molecule has 0 radical (unpaired) electrons. The van der Waals surface area contributed by atoms with Crippen LogP contribution in [0, 0.1) is 6.92 Å². The number of carbonyl (C=O) groups is 1. The first-order chi connectivity index (χ1) is 14.9. The first kappa shape index (κ1) is 20.7. The summed E-state index contributed by atoms with van der Waals surface area (Å²) in [6.07, 6.45) is 0. The summed E-state index contributed by atoms with van der Waals surface area (Å²) in [4.78, 5) is 18.2. The van der Waals surface area contributed by atoms with Crippen LogP contribution in [-0.2, 0) is 7.05 Å². The molecular weight excluding hydrogens is 416 g/mol. The normalized spacial score (nSPS) is 10.9. The van der Waals surface area contributed by atoms with Gasteiger partial charge < -0.3 is 14.8 Å². The van der Waals surface area contributed by atoms with Crippen LogP contribution >= 0.6 is 11.6 Å². The van der Waals surface area contributed by atoms with Crippen molar-refractivity contribution in [3.8, 4) is 22.8 Å². The van der Waals surface area contributed by atoms with Gasteiger partial charge in [-0.3, -0.25) is 9.48 Å². The third kappa shape index (κ3) is 3.80. The average Bonchev–Trinajstić information content (AvgIpc) is 3.08. The van der Waals surface area contributed by atoms with Gasteiger partial charge in [0.1, 0.15) is 16.5 Å². The number of pyridine rings is 1. The quantitative estimate of drug-likeness (QED) is 0.483. The number of fused-ring (bicyclic) bond motifs is 1. The molecule has 4 aromatic rings. The number of aromatic nitrogens is 3. The van der Waals surface area contributed by atoms with Gasteiger partial charge in [-0.25, -0.2) is 4.98 Å². The van der Waals surface area contributed by atoms with Crippen molar-refractivity contribution in [3.63, 3.8) is 0 Å². The van der Waals surface area contributed by atoms with E-state index < -0.39 is 0 Å². The Hall–Kier alpha value is -3.58. The Bertz CT molecular complexity index is 1290. The van der Waals surface area contributed by atoms with Crippen LogP contribution in [-0.4, -0.2) is 34.9 Å². The lowest BCUT2D eigenvalue weighted by atomic mass is 10.0. The molecule has 0 unspecified atom stereocenters. The maximum atomic E-state index is 13.4. The molecule has 158 valence electrons. The van der Waals surface area contributed by atoms with Crippen LogP contribution in [0.25, 0.3) is 22.3 Å². The first-order valence-corrected chi connectivity index (χ1v) is 9.93. The summed E-state index contributed by atoms with van der Waals surface area (Å²) in [7, 11) is 4.85. The van der Waals surface area contributed by atoms with Crippen molar-refractivity contribution < 1.29 is 14.3 Å². The summed E-state index contributed by atoms with van der Waals surface area (Å²) in [6, 6.07) is 14.8. The van der Waals surface area contributed by atoms with Gasteiger partial charge in [-0.15, -0.1) is 0 Å². The molecule has 0 bridgehead atoms. The van der Waals surface area contributed by atoms with Gasteiger partial charge in [0.05, 0.1) is 42.2 Å². The Labute approximate surface area is 184 Å². The van der Waals surface area contributed by atoms with Crippen molar-refractivity contribution in [1.29, 1.82) is 0 Å². The van der Waals surface area contributed by atoms with E-state index in [4.69, 9.17) is 26.1 Å². The molecule has 2 aromatic heterocycles. The number of anilines is 1. The van der Waals surface area contributed by atoms with Gasteiger partial charge in [-0.05, 0) is 13.0 Å². The van der Waals surface area contributed by atoms with Crippen LogP contribution in [0.3, 0.4) is 0 Å². The van der Waals surface area contributed by atoms with Crippen LogP contribution in [0.5, 0.6) is 11.5 Å². The van der Waals surface area contributed by atoms with Crippen LogP contribution in [0.1, 0.15) is 16.1 Å². The lowest BCUT2D eigenvalue weighted by Gasteiger charge is -2.14. The third-order valence-corrected chi connectivity index (χ3v) is 5.39. The van der Waals surface area contributed by atoms with E-state index in [0.29, 0.717) is 45.2 Å². The molecule has 7 nitrogen and oxygen atoms in total. The second-order valence-electron chi connectivity index (χ2n) is 6.97. The first-order valence-electron chi connectivity index (χ1n) is 9.55. The van der Waals surface area contributed by atoms with Gasteiger partial charge in [-0.1, -0.05) is 41.9 Å². The van der Waals surface area contributed by atoms with E-state index in [2.05, 4.69) is 10.4 Å². The topological polar surface area (TPSA) is 78.3 Å². The fraction of sp³-hybridized carbons (Fsp3) is 0.174. The van der Waals surface area contributed by atoms with Crippen molar-refractivity contribution in [1.82, 2.24) is 14.8 Å². The number of nitrogens with one attached hydrogen (secondary N) is 1. The van der Waals surface area contributed by atoms with Crippen LogP contribution in [0.4, 0.5) is 5.69 Å². The van der Waals surface area contributed by atoms with Gasteiger partial charge in [-0.2, -0.15) is 5.10 Å². The number of nitrogens with zero attached hydrogens (tertiary/aromatic N) is 3. The number of hydrogen-bond acceptors (Lipinski definition) is 5. The standard InChI is InChI=1S/C23H21ClN4O3/c1-13-20-16(23(29)26-18-10-15(30-3)11-19(31-4)21(18)24)12-17(14-8-6-5-7-9-14)25-22(20)28(2)27-13/h5-12H,1-4H3,(H,26,29). The van der Waals surface area contributed by atoms with Gasteiger partial charge in [0.2, 0.25) is 0 Å². The summed E-state index contributed by atoms with van der Waals surface area (Å²) in [6.45, 7) is 1.85. The van der Waals surface area contributed by atoms with Crippen LogP contribution in [0.15, 0.2) is 48.5 Å². The Kier molecular flexibility index (Phi) is 5.52. The number of ether oxygens (including phenoxy) is 2. The van der Waals surface area contributed by atoms with E-state index in [1.54, 1.807) is 22.9 Å². The minimum Gasteiger partial charge on any atom is -0.497 e. The molecule has 31 heavy (non-hydrogen) atoms. The molecule has 8 heteroatoms. The van der Waals surface area contributed by atoms with Gasteiger partial charge in [0.25, 0.3) is 5.91 Å². The molecule has 0 atom stereocenters. The Balaban J connectivity index is 1.85. The zero-order valence-electron chi connectivity index (χ0n) is 17.6. The Morgan fingerprint density at radius 1 is 1.10 bits per heavy atom. The number of carbonyl (C=O) groups excluding carboxylic acids is 1. The number of aryl methyl sites for hydroxylation is 2. The Morgan fingerprint density at radius 2 is 1.84 bits per heavy atom. The second-order valence-corrected chi connectivity index (χ2v) is 7.35. The lowest BCUT2D eigenvalue weighted by molar-refractivity contribution is 0.102. The minimum absolute atomic E-state index is 0.285. The molecule has 2 aromatic carbocycles. The highest BCUT2D eigenvalue weighted by Crippen LogP contribution is 2.37. The monoisotopic (exact) mass is 436 g/mol. The summed E-state index contributed by atoms with van der Waals surface area (Å²) in [5.74, 6) is 0.579. The molecule has 0 aliphatic carbocycles. The maximum Gasteiger partial charge on any atom is 0.256 e. The number of halogens is 1. The molecule has 0 spiro atoms. The molecule has 0 fully saturated rings. The van der Waals surface area contributed by atoms with E-state index in [9.17, 15) is 4.79 Å². The van der Waals surface area contributed by atoms with Gasteiger partial charge in [0, 0.05) is 24.7 Å². The van der Waals surface area contributed by atoms with Crippen molar-refractivity contribution in [2.45, 2.75) is 6.92 Å². The summed E-state index contributed by atoms with van der Waals surface area (Å²) >= 11 is 6.43. The zero-order valence-corrected chi connectivity index (χ0v) is 18.3. The molecule has 1 amide bonds. The van der Waals surface area contributed by atoms with Crippen molar-refractivity contribution in [2.24, 2.45) is 7.05 Å². The average molecular weight is 437 g/mol. The van der Waals surface area contributed by atoms with Crippen LogP contribution < -0.4 is 14.8 Å². The number of amides is 1. The van der Waals surface area contributed by atoms with E-state index >= 15 is 0 Å². The predicted octanol–water partition coefficient (Wildman–Crippen LogP) is 4.87. The highest BCUT2D eigenvalue weighted by Gasteiger charge is 2.21. The number of methoxy groups -OCH3 is 2. The predicted molar refractivity (Wildman–Crippen MR) is 121 cm³/mol. The minimum atomic E-state index is -0.335. The molecule has 1 N–H and O–H groups in total. The summed E-state index contributed by atoms with van der Waals surface area (Å²) in [5.41, 5.74) is 3.75. The summed E-state index contributed by atoms with van der Waals surface area (Å²) < 4.78 is 12.3.